The summed E-state index contributed by atoms with van der Waals surface area (Å²) in [6, 6.07) is 4.79. The number of amidine groups is 1. The normalized spacial score (nSPS) is 11.7. The third kappa shape index (κ3) is 4.06. The van der Waals surface area contributed by atoms with Gasteiger partial charge in [-0.25, -0.2) is 4.79 Å². The van der Waals surface area contributed by atoms with E-state index in [9.17, 15) is 9.90 Å². The van der Waals surface area contributed by atoms with Crippen molar-refractivity contribution < 1.29 is 19.7 Å². The van der Waals surface area contributed by atoms with E-state index in [4.69, 9.17) is 15.3 Å². The van der Waals surface area contributed by atoms with Crippen molar-refractivity contribution in [3.05, 3.63) is 34.9 Å². The fourth-order valence-corrected chi connectivity index (χ4v) is 2.89. The van der Waals surface area contributed by atoms with E-state index in [2.05, 4.69) is 15.0 Å². The van der Waals surface area contributed by atoms with Crippen molar-refractivity contribution in [1.29, 1.82) is 5.41 Å². The number of ether oxygens (including phenoxy) is 1. The molecule has 0 fully saturated rings. The molecule has 2 rings (SSSR count). The number of aromatic hydroxyl groups is 1. The maximum atomic E-state index is 11.8. The van der Waals surface area contributed by atoms with Crippen LogP contribution in [0.3, 0.4) is 0 Å². The molecule has 0 radical (unpaired) electrons. The number of esters is 1. The summed E-state index contributed by atoms with van der Waals surface area (Å²) < 4.78 is 8.63. The second-order valence-electron chi connectivity index (χ2n) is 5.41. The number of nitrogens with one attached hydrogen (secondary N) is 3. The molecule has 0 spiro atoms. The van der Waals surface area contributed by atoms with Crippen LogP contribution in [0.15, 0.2) is 18.2 Å². The van der Waals surface area contributed by atoms with Crippen LogP contribution < -0.4 is 10.6 Å². The van der Waals surface area contributed by atoms with E-state index in [1.807, 2.05) is 0 Å². The molecule has 9 heteroatoms. The van der Waals surface area contributed by atoms with Crippen LogP contribution in [0.25, 0.3) is 0 Å². The van der Waals surface area contributed by atoms with E-state index in [1.54, 1.807) is 32.0 Å². The predicted molar refractivity (Wildman–Crippen MR) is 96.1 cm³/mol. The fraction of sp³-hybridized carbons (Fsp3) is 0.312. The van der Waals surface area contributed by atoms with Gasteiger partial charge >= 0.3 is 5.97 Å². The van der Waals surface area contributed by atoms with Gasteiger partial charge in [0.05, 0.1) is 19.3 Å². The van der Waals surface area contributed by atoms with Crippen molar-refractivity contribution in [2.45, 2.75) is 19.9 Å². The number of anilines is 2. The molecule has 0 saturated carbocycles. The number of methoxy groups -OCH3 is 1. The first-order valence-corrected chi connectivity index (χ1v) is 8.26. The number of rotatable bonds is 6. The molecular formula is C16H20N4O4S. The maximum absolute atomic E-state index is 11.8. The number of aliphatic hydroxyl groups excluding tert-OH is 1. The van der Waals surface area contributed by atoms with E-state index in [-0.39, 0.29) is 29.9 Å². The van der Waals surface area contributed by atoms with Gasteiger partial charge in [0.25, 0.3) is 0 Å². The van der Waals surface area contributed by atoms with Crippen LogP contribution in [0.1, 0.15) is 28.4 Å². The summed E-state index contributed by atoms with van der Waals surface area (Å²) in [5, 5.41) is 33.5. The summed E-state index contributed by atoms with van der Waals surface area (Å²) in [6.07, 6.45) is 0. The molecule has 0 amide bonds. The topological polar surface area (TPSA) is 128 Å². The molecule has 0 aliphatic rings. The number of hydrogen-bond acceptors (Lipinski definition) is 8. The zero-order valence-corrected chi connectivity index (χ0v) is 14.9. The lowest BCUT2D eigenvalue weighted by atomic mass is 10.1. The second kappa shape index (κ2) is 7.95. The van der Waals surface area contributed by atoms with Crippen LogP contribution in [0, 0.1) is 12.3 Å². The molecule has 134 valence electrons. The van der Waals surface area contributed by atoms with E-state index in [1.165, 1.54) is 7.11 Å². The molecule has 1 aromatic carbocycles. The zero-order valence-electron chi connectivity index (χ0n) is 14.1. The van der Waals surface area contributed by atoms with Crippen LogP contribution >= 0.6 is 11.5 Å². The van der Waals surface area contributed by atoms with Crippen molar-refractivity contribution in [3.8, 4) is 5.88 Å². The van der Waals surface area contributed by atoms with Crippen molar-refractivity contribution in [3.63, 3.8) is 0 Å². The van der Waals surface area contributed by atoms with E-state index in [0.29, 0.717) is 21.8 Å². The Morgan fingerprint density at radius 3 is 2.84 bits per heavy atom. The highest BCUT2D eigenvalue weighted by atomic mass is 32.1. The van der Waals surface area contributed by atoms with Gasteiger partial charge in [-0.1, -0.05) is 6.07 Å². The summed E-state index contributed by atoms with van der Waals surface area (Å²) in [5.74, 6) is -0.784. The fourth-order valence-electron chi connectivity index (χ4n) is 2.18. The first-order chi connectivity index (χ1) is 11.9. The average Bonchev–Trinajstić information content (AvgIpc) is 2.96. The molecule has 1 heterocycles. The van der Waals surface area contributed by atoms with E-state index >= 15 is 0 Å². The third-order valence-corrected chi connectivity index (χ3v) is 4.33. The minimum absolute atomic E-state index is 0.0583. The lowest BCUT2D eigenvalue weighted by Crippen LogP contribution is -2.35. The van der Waals surface area contributed by atoms with Gasteiger partial charge in [-0.3, -0.25) is 5.41 Å². The number of carbonyl (C=O) groups excluding carboxylic acids is 1. The molecule has 5 N–H and O–H groups in total. The molecular weight excluding hydrogens is 344 g/mol. The standard InChI is InChI=1S/C16H20N4O4S/c1-8(7-21)18-13(17)12-14(22)20-25-15(12)19-11-6-4-5-10(9(11)2)16(23)24-3/h4-6,8,19,21H,7H2,1-3H3,(H2,17,18)(H,20,22). The van der Waals surface area contributed by atoms with Crippen molar-refractivity contribution in [1.82, 2.24) is 9.69 Å². The Balaban J connectivity index is 2.33. The van der Waals surface area contributed by atoms with Crippen molar-refractivity contribution >= 4 is 34.0 Å². The maximum Gasteiger partial charge on any atom is 0.338 e. The summed E-state index contributed by atoms with van der Waals surface area (Å²) in [5.41, 5.74) is 1.94. The van der Waals surface area contributed by atoms with Crippen molar-refractivity contribution in [2.75, 3.05) is 19.0 Å². The minimum atomic E-state index is -0.445. The van der Waals surface area contributed by atoms with Gasteiger partial charge in [0.15, 0.2) is 0 Å². The van der Waals surface area contributed by atoms with Crippen LogP contribution in [0.5, 0.6) is 5.88 Å². The van der Waals surface area contributed by atoms with Gasteiger partial charge in [0.2, 0.25) is 5.88 Å². The number of aliphatic hydroxyl groups is 1. The van der Waals surface area contributed by atoms with Crippen LogP contribution in [0.2, 0.25) is 0 Å². The highest BCUT2D eigenvalue weighted by Gasteiger charge is 2.20. The summed E-state index contributed by atoms with van der Waals surface area (Å²) >= 11 is 0.992. The molecule has 2 aromatic rings. The van der Waals surface area contributed by atoms with Crippen LogP contribution in [-0.2, 0) is 4.74 Å². The average molecular weight is 364 g/mol. The van der Waals surface area contributed by atoms with Gasteiger partial charge in [0.1, 0.15) is 16.4 Å². The molecule has 1 atom stereocenters. The number of nitrogens with zero attached hydrogens (tertiary/aromatic N) is 1. The minimum Gasteiger partial charge on any atom is -0.492 e. The molecule has 0 saturated heterocycles. The summed E-state index contributed by atoms with van der Waals surface area (Å²) in [4.78, 5) is 11.8. The van der Waals surface area contributed by atoms with E-state index in [0.717, 1.165) is 11.5 Å². The quantitative estimate of drug-likeness (QED) is 0.301. The highest BCUT2D eigenvalue weighted by Crippen LogP contribution is 2.33. The van der Waals surface area contributed by atoms with Crippen molar-refractivity contribution in [2.24, 2.45) is 0 Å². The second-order valence-corrected chi connectivity index (χ2v) is 6.18. The zero-order chi connectivity index (χ0) is 18.6. The van der Waals surface area contributed by atoms with Crippen LogP contribution in [0.4, 0.5) is 10.7 Å². The first-order valence-electron chi connectivity index (χ1n) is 7.48. The lowest BCUT2D eigenvalue weighted by Gasteiger charge is -2.15. The monoisotopic (exact) mass is 364 g/mol. The largest absolute Gasteiger partial charge is 0.492 e. The van der Waals surface area contributed by atoms with Gasteiger partial charge in [-0.2, -0.15) is 4.37 Å². The molecule has 0 aliphatic heterocycles. The van der Waals surface area contributed by atoms with Gasteiger partial charge < -0.3 is 25.6 Å². The van der Waals surface area contributed by atoms with E-state index < -0.39 is 5.97 Å². The van der Waals surface area contributed by atoms with Crippen LogP contribution in [-0.4, -0.2) is 46.2 Å². The Labute approximate surface area is 149 Å². The molecule has 0 aliphatic carbocycles. The number of carbonyl (C=O) groups is 1. The summed E-state index contributed by atoms with van der Waals surface area (Å²) in [7, 11) is 1.32. The Morgan fingerprint density at radius 1 is 1.48 bits per heavy atom. The smallest absolute Gasteiger partial charge is 0.338 e. The molecule has 1 aromatic heterocycles. The first kappa shape index (κ1) is 18.7. The SMILES string of the molecule is COC(=O)c1cccc(Nc2snc(O)c2C(=N)NC(C)CO)c1C. The van der Waals surface area contributed by atoms with Gasteiger partial charge in [0, 0.05) is 11.7 Å². The van der Waals surface area contributed by atoms with Gasteiger partial charge in [-0.15, -0.1) is 0 Å². The number of benzene rings is 1. The Morgan fingerprint density at radius 2 is 2.20 bits per heavy atom. The number of hydrogen-bond donors (Lipinski definition) is 5. The molecule has 25 heavy (non-hydrogen) atoms. The molecule has 0 bridgehead atoms. The summed E-state index contributed by atoms with van der Waals surface area (Å²) in [6.45, 7) is 3.33. The molecule has 8 nitrogen and oxygen atoms in total. The molecule has 1 unspecified atom stereocenters. The lowest BCUT2D eigenvalue weighted by molar-refractivity contribution is 0.0600. The third-order valence-electron chi connectivity index (χ3n) is 3.58. The number of aromatic nitrogens is 1. The highest BCUT2D eigenvalue weighted by molar-refractivity contribution is 7.11. The Bertz CT molecular complexity index is 790. The van der Waals surface area contributed by atoms with Gasteiger partial charge in [-0.05, 0) is 43.1 Å². The Kier molecular flexibility index (Phi) is 5.94. The Hall–Kier alpha value is -2.65. The predicted octanol–water partition coefficient (Wildman–Crippen LogP) is 1.98.